The van der Waals surface area contributed by atoms with Crippen molar-refractivity contribution < 1.29 is 5.11 Å². The van der Waals surface area contributed by atoms with Crippen LogP contribution in [0.5, 0.6) is 0 Å². The summed E-state index contributed by atoms with van der Waals surface area (Å²) < 4.78 is 0. The van der Waals surface area contributed by atoms with E-state index in [0.29, 0.717) is 24.0 Å². The lowest BCUT2D eigenvalue weighted by atomic mass is 9.79. The molecule has 0 amide bonds. The second-order valence-corrected chi connectivity index (χ2v) is 5.67. The molecule has 0 aromatic carbocycles. The van der Waals surface area contributed by atoms with E-state index in [0.717, 1.165) is 25.0 Å². The number of hydrogen-bond donors (Lipinski definition) is 3. The first kappa shape index (κ1) is 13.1. The van der Waals surface area contributed by atoms with Crippen LogP contribution in [-0.4, -0.2) is 22.2 Å². The minimum Gasteiger partial charge on any atom is -0.396 e. The molecule has 1 aromatic rings. The molecule has 4 N–H and O–H groups in total. The molecule has 1 aliphatic rings. The quantitative estimate of drug-likeness (QED) is 0.769. The highest BCUT2D eigenvalue weighted by Crippen LogP contribution is 2.32. The summed E-state index contributed by atoms with van der Waals surface area (Å²) in [7, 11) is 0. The van der Waals surface area contributed by atoms with Crippen molar-refractivity contribution in [2.24, 2.45) is 5.92 Å². The summed E-state index contributed by atoms with van der Waals surface area (Å²) in [4.78, 5) is 4.36. The van der Waals surface area contributed by atoms with E-state index in [4.69, 9.17) is 5.73 Å². The zero-order chi connectivity index (χ0) is 13.2. The van der Waals surface area contributed by atoms with Gasteiger partial charge in [0.1, 0.15) is 5.82 Å². The largest absolute Gasteiger partial charge is 0.396 e. The fourth-order valence-corrected chi connectivity index (χ4v) is 2.75. The Morgan fingerprint density at radius 2 is 2.33 bits per heavy atom. The number of aliphatic hydroxyl groups is 1. The average molecular weight is 249 g/mol. The summed E-state index contributed by atoms with van der Waals surface area (Å²) in [5, 5.41) is 13.7. The highest BCUT2D eigenvalue weighted by atomic mass is 16.3. The van der Waals surface area contributed by atoms with Crippen LogP contribution < -0.4 is 11.1 Å². The maximum absolute atomic E-state index is 10.5. The minimum atomic E-state index is -0.616. The SMILES string of the molecule is Cc1ccc(N)c(NCC2(O)CCCC(C)C2)n1. The lowest BCUT2D eigenvalue weighted by molar-refractivity contribution is -0.000813. The molecule has 4 heteroatoms. The average Bonchev–Trinajstić information content (AvgIpc) is 2.30. The van der Waals surface area contributed by atoms with E-state index in [1.807, 2.05) is 19.1 Å². The Labute approximate surface area is 109 Å². The maximum Gasteiger partial charge on any atom is 0.149 e. The van der Waals surface area contributed by atoms with E-state index in [1.54, 1.807) is 0 Å². The highest BCUT2D eigenvalue weighted by molar-refractivity contribution is 5.61. The van der Waals surface area contributed by atoms with Gasteiger partial charge < -0.3 is 16.2 Å². The maximum atomic E-state index is 10.5. The Bertz CT molecular complexity index is 422. The monoisotopic (exact) mass is 249 g/mol. The number of rotatable bonds is 3. The molecule has 100 valence electrons. The number of nitrogen functional groups attached to an aromatic ring is 1. The second-order valence-electron chi connectivity index (χ2n) is 5.67. The third-order valence-corrected chi connectivity index (χ3v) is 3.72. The molecule has 2 unspecified atom stereocenters. The number of nitrogens with two attached hydrogens (primary N) is 1. The molecule has 1 saturated carbocycles. The molecule has 0 spiro atoms. The molecule has 1 aromatic heterocycles. The smallest absolute Gasteiger partial charge is 0.149 e. The predicted molar refractivity (Wildman–Crippen MR) is 74.5 cm³/mol. The Morgan fingerprint density at radius 3 is 3.06 bits per heavy atom. The van der Waals surface area contributed by atoms with Crippen LogP contribution in [0.1, 0.15) is 38.3 Å². The van der Waals surface area contributed by atoms with Crippen molar-refractivity contribution >= 4 is 11.5 Å². The molecule has 0 aliphatic heterocycles. The topological polar surface area (TPSA) is 71.2 Å². The van der Waals surface area contributed by atoms with Crippen molar-refractivity contribution in [1.29, 1.82) is 0 Å². The first-order chi connectivity index (χ1) is 8.48. The van der Waals surface area contributed by atoms with Crippen molar-refractivity contribution in [1.82, 2.24) is 4.98 Å². The van der Waals surface area contributed by atoms with Gasteiger partial charge in [0, 0.05) is 12.2 Å². The first-order valence-corrected chi connectivity index (χ1v) is 6.68. The molecule has 18 heavy (non-hydrogen) atoms. The van der Waals surface area contributed by atoms with Crippen molar-refractivity contribution in [3.63, 3.8) is 0 Å². The van der Waals surface area contributed by atoms with Gasteiger partial charge in [-0.25, -0.2) is 4.98 Å². The van der Waals surface area contributed by atoms with Gasteiger partial charge in [-0.3, -0.25) is 0 Å². The standard InChI is InChI=1S/C14H23N3O/c1-10-4-3-7-14(18,8-10)9-16-13-12(15)6-5-11(2)17-13/h5-6,10,18H,3-4,7-9,15H2,1-2H3,(H,16,17). The van der Waals surface area contributed by atoms with E-state index in [1.165, 1.54) is 6.42 Å². The van der Waals surface area contributed by atoms with Crippen LogP contribution in [0.2, 0.25) is 0 Å². The van der Waals surface area contributed by atoms with Crippen molar-refractivity contribution in [3.8, 4) is 0 Å². The van der Waals surface area contributed by atoms with Crippen LogP contribution in [-0.2, 0) is 0 Å². The minimum absolute atomic E-state index is 0.526. The zero-order valence-corrected chi connectivity index (χ0v) is 11.2. The zero-order valence-electron chi connectivity index (χ0n) is 11.2. The summed E-state index contributed by atoms with van der Waals surface area (Å²) in [5.41, 5.74) is 6.81. The Balaban J connectivity index is 2.00. The Hall–Kier alpha value is -1.29. The van der Waals surface area contributed by atoms with Gasteiger partial charge in [-0.15, -0.1) is 0 Å². The fourth-order valence-electron chi connectivity index (χ4n) is 2.75. The number of aromatic nitrogens is 1. The van der Waals surface area contributed by atoms with Crippen molar-refractivity contribution in [2.75, 3.05) is 17.6 Å². The molecule has 0 bridgehead atoms. The molecule has 2 atom stereocenters. The van der Waals surface area contributed by atoms with Crippen molar-refractivity contribution in [2.45, 2.75) is 45.1 Å². The molecule has 2 rings (SSSR count). The van der Waals surface area contributed by atoms with E-state index in [9.17, 15) is 5.11 Å². The molecule has 1 fully saturated rings. The van der Waals surface area contributed by atoms with Crippen molar-refractivity contribution in [3.05, 3.63) is 17.8 Å². The van der Waals surface area contributed by atoms with Crippen LogP contribution in [0, 0.1) is 12.8 Å². The van der Waals surface area contributed by atoms with Crippen LogP contribution in [0.15, 0.2) is 12.1 Å². The fraction of sp³-hybridized carbons (Fsp3) is 0.643. The number of pyridine rings is 1. The molecule has 0 saturated heterocycles. The molecule has 4 nitrogen and oxygen atoms in total. The molecular weight excluding hydrogens is 226 g/mol. The van der Waals surface area contributed by atoms with E-state index < -0.39 is 5.60 Å². The molecular formula is C14H23N3O. The van der Waals surface area contributed by atoms with Gasteiger partial charge in [0.25, 0.3) is 0 Å². The number of aryl methyl sites for hydroxylation is 1. The highest BCUT2D eigenvalue weighted by Gasteiger charge is 2.32. The summed E-state index contributed by atoms with van der Waals surface area (Å²) in [6.07, 6.45) is 4.02. The van der Waals surface area contributed by atoms with Gasteiger partial charge >= 0.3 is 0 Å². The van der Waals surface area contributed by atoms with Gasteiger partial charge in [-0.05, 0) is 37.8 Å². The lowest BCUT2D eigenvalue weighted by Gasteiger charge is -2.35. The van der Waals surface area contributed by atoms with Gasteiger partial charge in [0.15, 0.2) is 0 Å². The lowest BCUT2D eigenvalue weighted by Crippen LogP contribution is -2.41. The van der Waals surface area contributed by atoms with E-state index in [2.05, 4.69) is 17.2 Å². The van der Waals surface area contributed by atoms with Crippen LogP contribution in [0.25, 0.3) is 0 Å². The summed E-state index contributed by atoms with van der Waals surface area (Å²) >= 11 is 0. The van der Waals surface area contributed by atoms with Gasteiger partial charge in [-0.2, -0.15) is 0 Å². The Kier molecular flexibility index (Phi) is 3.76. The van der Waals surface area contributed by atoms with Gasteiger partial charge in [0.2, 0.25) is 0 Å². The summed E-state index contributed by atoms with van der Waals surface area (Å²) in [5.74, 6) is 1.27. The molecule has 1 aliphatic carbocycles. The number of hydrogen-bond acceptors (Lipinski definition) is 4. The second kappa shape index (κ2) is 5.14. The van der Waals surface area contributed by atoms with Gasteiger partial charge in [0.05, 0.1) is 11.3 Å². The van der Waals surface area contributed by atoms with Gasteiger partial charge in [-0.1, -0.05) is 19.8 Å². The predicted octanol–water partition coefficient (Wildman–Crippen LogP) is 2.33. The Morgan fingerprint density at radius 1 is 1.56 bits per heavy atom. The van der Waals surface area contributed by atoms with Crippen LogP contribution >= 0.6 is 0 Å². The number of anilines is 2. The van der Waals surface area contributed by atoms with E-state index >= 15 is 0 Å². The third kappa shape index (κ3) is 3.13. The molecule has 1 heterocycles. The van der Waals surface area contributed by atoms with Crippen LogP contribution in [0.3, 0.4) is 0 Å². The first-order valence-electron chi connectivity index (χ1n) is 6.68. The summed E-state index contributed by atoms with van der Waals surface area (Å²) in [6.45, 7) is 4.66. The third-order valence-electron chi connectivity index (χ3n) is 3.72. The number of nitrogens with one attached hydrogen (secondary N) is 1. The number of nitrogens with zero attached hydrogens (tertiary/aromatic N) is 1. The summed E-state index contributed by atoms with van der Waals surface area (Å²) in [6, 6.07) is 3.73. The normalized spacial score (nSPS) is 28.1. The van der Waals surface area contributed by atoms with E-state index in [-0.39, 0.29) is 0 Å². The van der Waals surface area contributed by atoms with Crippen LogP contribution in [0.4, 0.5) is 11.5 Å². The molecule has 0 radical (unpaired) electrons.